The van der Waals surface area contributed by atoms with Crippen molar-refractivity contribution in [2.45, 2.75) is 32.4 Å². The topological polar surface area (TPSA) is 111 Å². The Bertz CT molecular complexity index is 1040. The van der Waals surface area contributed by atoms with Crippen LogP contribution in [0.5, 0.6) is 11.5 Å². The van der Waals surface area contributed by atoms with E-state index < -0.39 is 16.5 Å². The first-order chi connectivity index (χ1) is 13.8. The van der Waals surface area contributed by atoms with Crippen molar-refractivity contribution >= 4 is 17.6 Å². The third-order valence-electron chi connectivity index (χ3n) is 5.28. The third-order valence-corrected chi connectivity index (χ3v) is 5.28. The summed E-state index contributed by atoms with van der Waals surface area (Å²) in [6, 6.07) is 9.48. The van der Waals surface area contributed by atoms with E-state index in [1.165, 1.54) is 6.07 Å². The molecular formula is C20H19N3O6. The largest absolute Gasteiger partial charge is 0.454 e. The summed E-state index contributed by atoms with van der Waals surface area (Å²) >= 11 is 0. The molecule has 2 heterocycles. The van der Waals surface area contributed by atoms with Gasteiger partial charge in [0.2, 0.25) is 6.79 Å². The maximum atomic E-state index is 13.1. The monoisotopic (exact) mass is 397 g/mol. The summed E-state index contributed by atoms with van der Waals surface area (Å²) in [5.41, 5.74) is 0.633. The molecule has 150 valence electrons. The Kier molecular flexibility index (Phi) is 4.37. The van der Waals surface area contributed by atoms with Gasteiger partial charge in [-0.05, 0) is 37.1 Å². The Morgan fingerprint density at radius 1 is 1.21 bits per heavy atom. The highest BCUT2D eigenvalue weighted by atomic mass is 16.7. The molecular weight excluding hydrogens is 378 g/mol. The van der Waals surface area contributed by atoms with E-state index in [0.717, 1.165) is 10.5 Å². The Hall–Kier alpha value is -3.62. The number of rotatable bonds is 5. The summed E-state index contributed by atoms with van der Waals surface area (Å²) in [6.45, 7) is 3.40. The predicted molar refractivity (Wildman–Crippen MR) is 102 cm³/mol. The molecule has 1 unspecified atom stereocenters. The van der Waals surface area contributed by atoms with E-state index >= 15 is 0 Å². The van der Waals surface area contributed by atoms with Gasteiger partial charge in [0.1, 0.15) is 5.54 Å². The average molecular weight is 397 g/mol. The molecule has 0 aromatic heterocycles. The van der Waals surface area contributed by atoms with Crippen molar-refractivity contribution in [2.75, 3.05) is 6.79 Å². The van der Waals surface area contributed by atoms with E-state index in [0.29, 0.717) is 22.6 Å². The Morgan fingerprint density at radius 2 is 1.97 bits per heavy atom. The molecule has 9 heteroatoms. The summed E-state index contributed by atoms with van der Waals surface area (Å²) in [6.07, 6.45) is 0.276. The van der Waals surface area contributed by atoms with Gasteiger partial charge in [-0.15, -0.1) is 0 Å². The van der Waals surface area contributed by atoms with Gasteiger partial charge in [0.05, 0.1) is 11.5 Å². The number of fused-ring (bicyclic) bond motifs is 1. The zero-order valence-corrected chi connectivity index (χ0v) is 15.9. The molecule has 0 bridgehead atoms. The van der Waals surface area contributed by atoms with E-state index in [1.807, 2.05) is 6.07 Å². The molecule has 1 fully saturated rings. The molecule has 1 atom stereocenters. The van der Waals surface area contributed by atoms with Crippen molar-refractivity contribution < 1.29 is 24.0 Å². The van der Waals surface area contributed by atoms with E-state index in [9.17, 15) is 19.7 Å². The van der Waals surface area contributed by atoms with Crippen LogP contribution in [0.3, 0.4) is 0 Å². The quantitative estimate of drug-likeness (QED) is 0.472. The maximum Gasteiger partial charge on any atom is 0.325 e. The lowest BCUT2D eigenvalue weighted by Crippen LogP contribution is -2.45. The first-order valence-corrected chi connectivity index (χ1v) is 9.04. The van der Waals surface area contributed by atoms with Crippen LogP contribution >= 0.6 is 0 Å². The molecule has 1 saturated heterocycles. The number of imide groups is 1. The van der Waals surface area contributed by atoms with Crippen LogP contribution in [0.1, 0.15) is 23.6 Å². The zero-order valence-electron chi connectivity index (χ0n) is 15.9. The normalized spacial score (nSPS) is 20.1. The number of ether oxygens (including phenoxy) is 2. The second kappa shape index (κ2) is 6.77. The minimum absolute atomic E-state index is 0.0328. The van der Waals surface area contributed by atoms with Gasteiger partial charge in [-0.25, -0.2) is 4.79 Å². The van der Waals surface area contributed by atoms with Gasteiger partial charge in [-0.1, -0.05) is 18.2 Å². The highest BCUT2D eigenvalue weighted by Crippen LogP contribution is 2.34. The van der Waals surface area contributed by atoms with E-state index in [-0.39, 0.29) is 31.4 Å². The van der Waals surface area contributed by atoms with Gasteiger partial charge in [0, 0.05) is 18.1 Å². The number of nitro benzene ring substituents is 1. The van der Waals surface area contributed by atoms with Crippen LogP contribution in [-0.4, -0.2) is 34.1 Å². The summed E-state index contributed by atoms with van der Waals surface area (Å²) in [5, 5.41) is 13.9. The van der Waals surface area contributed by atoms with Crippen LogP contribution in [0.25, 0.3) is 0 Å². The number of benzene rings is 2. The molecule has 29 heavy (non-hydrogen) atoms. The van der Waals surface area contributed by atoms with Crippen LogP contribution < -0.4 is 14.8 Å². The van der Waals surface area contributed by atoms with Crippen molar-refractivity contribution in [1.29, 1.82) is 0 Å². The number of hydrogen-bond donors (Lipinski definition) is 1. The number of urea groups is 1. The number of nitrogens with zero attached hydrogens (tertiary/aromatic N) is 2. The summed E-state index contributed by atoms with van der Waals surface area (Å²) < 4.78 is 10.7. The van der Waals surface area contributed by atoms with Crippen molar-refractivity contribution in [3.05, 3.63) is 63.2 Å². The van der Waals surface area contributed by atoms with Crippen molar-refractivity contribution in [2.24, 2.45) is 0 Å². The summed E-state index contributed by atoms with van der Waals surface area (Å²) in [5.74, 6) is 0.862. The first-order valence-electron chi connectivity index (χ1n) is 9.04. The maximum absolute atomic E-state index is 13.1. The Labute approximate surface area is 166 Å². The fraction of sp³-hybridized carbons (Fsp3) is 0.300. The Morgan fingerprint density at radius 3 is 2.72 bits per heavy atom. The number of carbonyl (C=O) groups excluding carboxylic acids is 2. The number of carbonyl (C=O) groups is 2. The minimum Gasteiger partial charge on any atom is -0.454 e. The molecule has 4 rings (SSSR count). The Balaban J connectivity index is 1.56. The van der Waals surface area contributed by atoms with Crippen molar-refractivity contribution in [3.8, 4) is 11.5 Å². The molecule has 0 radical (unpaired) electrons. The SMILES string of the molecule is Cc1c(CN2C(=O)NC(C)(Cc3ccc4c(c3)OCO4)C2=O)cccc1[N+](=O)[O-]. The fourth-order valence-electron chi connectivity index (χ4n) is 3.68. The molecule has 2 aromatic carbocycles. The molecule has 2 aromatic rings. The van der Waals surface area contributed by atoms with Crippen LogP contribution in [0.2, 0.25) is 0 Å². The van der Waals surface area contributed by atoms with Gasteiger partial charge in [-0.2, -0.15) is 0 Å². The lowest BCUT2D eigenvalue weighted by atomic mass is 9.92. The highest BCUT2D eigenvalue weighted by Gasteiger charge is 2.47. The van der Waals surface area contributed by atoms with Gasteiger partial charge in [-0.3, -0.25) is 19.8 Å². The fourth-order valence-corrected chi connectivity index (χ4v) is 3.68. The lowest BCUT2D eigenvalue weighted by molar-refractivity contribution is -0.385. The second-order valence-corrected chi connectivity index (χ2v) is 7.34. The highest BCUT2D eigenvalue weighted by molar-refractivity contribution is 6.06. The third kappa shape index (κ3) is 3.24. The van der Waals surface area contributed by atoms with Crippen LogP contribution in [0.15, 0.2) is 36.4 Å². The smallest absolute Gasteiger partial charge is 0.325 e. The van der Waals surface area contributed by atoms with Crippen LogP contribution in [-0.2, 0) is 17.8 Å². The molecule has 3 amide bonds. The number of amides is 3. The van der Waals surface area contributed by atoms with E-state index in [1.54, 1.807) is 38.1 Å². The molecule has 1 N–H and O–H groups in total. The van der Waals surface area contributed by atoms with Gasteiger partial charge in [0.15, 0.2) is 11.5 Å². The molecule has 2 aliphatic rings. The standard InChI is InChI=1S/C20H19N3O6/c1-12-14(4-3-5-15(12)23(26)27)10-22-18(24)20(2,21-19(22)25)9-13-6-7-16-17(8-13)29-11-28-16/h3-8H,9-11H2,1-2H3,(H,21,25). The molecule has 0 saturated carbocycles. The molecule has 2 aliphatic heterocycles. The van der Waals surface area contributed by atoms with Crippen molar-refractivity contribution in [3.63, 3.8) is 0 Å². The minimum atomic E-state index is -1.13. The van der Waals surface area contributed by atoms with Gasteiger partial charge in [0.25, 0.3) is 11.6 Å². The van der Waals surface area contributed by atoms with Gasteiger partial charge < -0.3 is 14.8 Å². The summed E-state index contributed by atoms with van der Waals surface area (Å²) in [7, 11) is 0. The lowest BCUT2D eigenvalue weighted by Gasteiger charge is -2.22. The first kappa shape index (κ1) is 18.7. The molecule has 0 aliphatic carbocycles. The van der Waals surface area contributed by atoms with Crippen LogP contribution in [0, 0.1) is 17.0 Å². The van der Waals surface area contributed by atoms with Crippen molar-refractivity contribution in [1.82, 2.24) is 10.2 Å². The zero-order chi connectivity index (χ0) is 20.8. The van der Waals surface area contributed by atoms with E-state index in [4.69, 9.17) is 9.47 Å². The molecule has 9 nitrogen and oxygen atoms in total. The molecule has 0 spiro atoms. The number of nitro groups is 1. The number of nitrogens with one attached hydrogen (secondary N) is 1. The van der Waals surface area contributed by atoms with E-state index in [2.05, 4.69) is 5.32 Å². The van der Waals surface area contributed by atoms with Gasteiger partial charge >= 0.3 is 6.03 Å². The average Bonchev–Trinajstić information content (AvgIpc) is 3.21. The number of hydrogen-bond acceptors (Lipinski definition) is 6. The second-order valence-electron chi connectivity index (χ2n) is 7.34. The summed E-state index contributed by atoms with van der Waals surface area (Å²) in [4.78, 5) is 37.4. The predicted octanol–water partition coefficient (Wildman–Crippen LogP) is 2.69. The van der Waals surface area contributed by atoms with Crippen LogP contribution in [0.4, 0.5) is 10.5 Å².